The Morgan fingerprint density at radius 1 is 0.941 bits per heavy atom. The first-order chi connectivity index (χ1) is 8.34. The van der Waals surface area contributed by atoms with Crippen molar-refractivity contribution in [1.82, 2.24) is 4.98 Å². The van der Waals surface area contributed by atoms with Crippen LogP contribution in [0.15, 0.2) is 54.6 Å². The number of hydrogen-bond acceptors (Lipinski definition) is 3. The molecule has 3 rings (SSSR count). The summed E-state index contributed by atoms with van der Waals surface area (Å²) < 4.78 is 1.11. The summed E-state index contributed by atoms with van der Waals surface area (Å²) in [5.74, 6) is 0. The maximum atomic E-state index is 10.2. The second-order valence-corrected chi connectivity index (χ2v) is 4.90. The van der Waals surface area contributed by atoms with Crippen molar-refractivity contribution in [3.8, 4) is 0 Å². The lowest BCUT2D eigenvalue weighted by molar-refractivity contribution is 0.220. The molecule has 17 heavy (non-hydrogen) atoms. The van der Waals surface area contributed by atoms with Gasteiger partial charge in [-0.05, 0) is 17.7 Å². The molecule has 3 aromatic rings. The molecule has 0 radical (unpaired) electrons. The predicted molar refractivity (Wildman–Crippen MR) is 70.1 cm³/mol. The standard InChI is InChI=1S/C14H11NOS/c16-13(10-6-2-1-3-7-10)14-15-11-8-4-5-9-12(11)17-14/h1-9,13,16H/t13-/m1/s1. The Balaban J connectivity index is 2.04. The Hall–Kier alpha value is -1.71. The van der Waals surface area contributed by atoms with Gasteiger partial charge in [0.25, 0.3) is 0 Å². The number of aromatic nitrogens is 1. The van der Waals surface area contributed by atoms with Crippen LogP contribution in [0, 0.1) is 0 Å². The molecule has 0 saturated heterocycles. The molecule has 0 aliphatic heterocycles. The number of aliphatic hydroxyl groups is 1. The second kappa shape index (κ2) is 4.28. The molecule has 0 fully saturated rings. The quantitative estimate of drug-likeness (QED) is 0.746. The molecule has 1 aromatic heterocycles. The summed E-state index contributed by atoms with van der Waals surface area (Å²) >= 11 is 1.54. The minimum absolute atomic E-state index is 0.631. The number of nitrogens with zero attached hydrogens (tertiary/aromatic N) is 1. The van der Waals surface area contributed by atoms with Gasteiger partial charge in [-0.25, -0.2) is 4.98 Å². The molecule has 2 nitrogen and oxygen atoms in total. The fraction of sp³-hybridized carbons (Fsp3) is 0.0714. The van der Waals surface area contributed by atoms with Crippen molar-refractivity contribution in [1.29, 1.82) is 0 Å². The molecular weight excluding hydrogens is 230 g/mol. The first-order valence-corrected chi connectivity index (χ1v) is 6.25. The molecule has 1 N–H and O–H groups in total. The van der Waals surface area contributed by atoms with Gasteiger partial charge in [0.05, 0.1) is 10.2 Å². The second-order valence-electron chi connectivity index (χ2n) is 3.83. The molecule has 0 bridgehead atoms. The number of rotatable bonds is 2. The van der Waals surface area contributed by atoms with E-state index in [1.165, 1.54) is 11.3 Å². The van der Waals surface area contributed by atoms with Crippen molar-refractivity contribution in [2.75, 3.05) is 0 Å². The van der Waals surface area contributed by atoms with E-state index in [0.717, 1.165) is 20.8 Å². The minimum atomic E-state index is -0.631. The van der Waals surface area contributed by atoms with Crippen molar-refractivity contribution in [2.24, 2.45) is 0 Å². The molecule has 0 aliphatic carbocycles. The minimum Gasteiger partial charge on any atom is -0.381 e. The van der Waals surface area contributed by atoms with Crippen LogP contribution in [-0.4, -0.2) is 10.1 Å². The summed E-state index contributed by atoms with van der Waals surface area (Å²) in [6.07, 6.45) is -0.631. The van der Waals surface area contributed by atoms with E-state index in [1.54, 1.807) is 0 Å². The first-order valence-electron chi connectivity index (χ1n) is 5.43. The predicted octanol–water partition coefficient (Wildman–Crippen LogP) is 3.38. The highest BCUT2D eigenvalue weighted by Gasteiger charge is 2.14. The van der Waals surface area contributed by atoms with Gasteiger partial charge in [0, 0.05) is 0 Å². The Kier molecular flexibility index (Phi) is 2.63. The van der Waals surface area contributed by atoms with Gasteiger partial charge >= 0.3 is 0 Å². The third-order valence-corrected chi connectivity index (χ3v) is 3.75. The molecule has 2 aromatic carbocycles. The van der Waals surface area contributed by atoms with Crippen LogP contribution in [0.3, 0.4) is 0 Å². The van der Waals surface area contributed by atoms with Crippen LogP contribution in [0.4, 0.5) is 0 Å². The Labute approximate surface area is 103 Å². The lowest BCUT2D eigenvalue weighted by Crippen LogP contribution is -1.97. The van der Waals surface area contributed by atoms with E-state index < -0.39 is 6.10 Å². The number of fused-ring (bicyclic) bond motifs is 1. The average molecular weight is 241 g/mol. The summed E-state index contributed by atoms with van der Waals surface area (Å²) in [7, 11) is 0. The van der Waals surface area contributed by atoms with Gasteiger partial charge < -0.3 is 5.11 Å². The number of aliphatic hydroxyl groups excluding tert-OH is 1. The van der Waals surface area contributed by atoms with Gasteiger partial charge in [-0.15, -0.1) is 11.3 Å². The van der Waals surface area contributed by atoms with Crippen molar-refractivity contribution in [2.45, 2.75) is 6.10 Å². The zero-order valence-electron chi connectivity index (χ0n) is 9.08. The molecule has 3 heteroatoms. The van der Waals surface area contributed by atoms with Crippen molar-refractivity contribution >= 4 is 21.6 Å². The fourth-order valence-electron chi connectivity index (χ4n) is 1.78. The topological polar surface area (TPSA) is 33.1 Å². The van der Waals surface area contributed by atoms with Crippen LogP contribution in [0.25, 0.3) is 10.2 Å². The third-order valence-electron chi connectivity index (χ3n) is 2.66. The average Bonchev–Trinajstić information content (AvgIpc) is 2.82. The smallest absolute Gasteiger partial charge is 0.131 e. The molecule has 1 atom stereocenters. The largest absolute Gasteiger partial charge is 0.381 e. The van der Waals surface area contributed by atoms with Gasteiger partial charge in [0.15, 0.2) is 0 Å². The van der Waals surface area contributed by atoms with Crippen LogP contribution < -0.4 is 0 Å². The molecule has 84 valence electrons. The van der Waals surface area contributed by atoms with Gasteiger partial charge in [0.2, 0.25) is 0 Å². The molecule has 0 amide bonds. The lowest BCUT2D eigenvalue weighted by atomic mass is 10.1. The Morgan fingerprint density at radius 2 is 1.65 bits per heavy atom. The number of benzene rings is 2. The Morgan fingerprint density at radius 3 is 2.41 bits per heavy atom. The Bertz CT molecular complexity index is 600. The van der Waals surface area contributed by atoms with Gasteiger partial charge in [-0.1, -0.05) is 42.5 Å². The summed E-state index contributed by atoms with van der Waals surface area (Å²) in [5.41, 5.74) is 1.83. The zero-order valence-corrected chi connectivity index (χ0v) is 9.89. The van der Waals surface area contributed by atoms with E-state index >= 15 is 0 Å². The molecule has 0 spiro atoms. The zero-order chi connectivity index (χ0) is 11.7. The van der Waals surface area contributed by atoms with Gasteiger partial charge in [0.1, 0.15) is 11.1 Å². The summed E-state index contributed by atoms with van der Waals surface area (Å²) in [5, 5.41) is 11.0. The number of thiazole rings is 1. The normalized spacial score (nSPS) is 12.8. The monoisotopic (exact) mass is 241 g/mol. The fourth-order valence-corrected chi connectivity index (χ4v) is 2.77. The van der Waals surface area contributed by atoms with E-state index in [9.17, 15) is 5.11 Å². The number of para-hydroxylation sites is 1. The summed E-state index contributed by atoms with van der Waals surface area (Å²) in [6, 6.07) is 17.5. The maximum Gasteiger partial charge on any atom is 0.131 e. The lowest BCUT2D eigenvalue weighted by Gasteiger charge is -2.06. The number of hydrogen-bond donors (Lipinski definition) is 1. The van der Waals surface area contributed by atoms with E-state index in [0.29, 0.717) is 0 Å². The highest BCUT2D eigenvalue weighted by atomic mass is 32.1. The van der Waals surface area contributed by atoms with Crippen molar-refractivity contribution < 1.29 is 5.11 Å². The van der Waals surface area contributed by atoms with Crippen LogP contribution in [0.1, 0.15) is 16.7 Å². The first kappa shape index (κ1) is 10.4. The van der Waals surface area contributed by atoms with Crippen LogP contribution in [0.5, 0.6) is 0 Å². The van der Waals surface area contributed by atoms with Crippen LogP contribution in [0.2, 0.25) is 0 Å². The van der Waals surface area contributed by atoms with Gasteiger partial charge in [-0.3, -0.25) is 0 Å². The van der Waals surface area contributed by atoms with Crippen molar-refractivity contribution in [3.05, 3.63) is 65.2 Å². The van der Waals surface area contributed by atoms with Crippen LogP contribution >= 0.6 is 11.3 Å². The third kappa shape index (κ3) is 1.95. The van der Waals surface area contributed by atoms with E-state index in [-0.39, 0.29) is 0 Å². The SMILES string of the molecule is O[C@H](c1ccccc1)c1nc2ccccc2s1. The van der Waals surface area contributed by atoms with Gasteiger partial charge in [-0.2, -0.15) is 0 Å². The van der Waals surface area contributed by atoms with E-state index in [4.69, 9.17) is 0 Å². The van der Waals surface area contributed by atoms with E-state index in [1.807, 2.05) is 54.6 Å². The van der Waals surface area contributed by atoms with E-state index in [2.05, 4.69) is 4.98 Å². The highest BCUT2D eigenvalue weighted by molar-refractivity contribution is 7.18. The molecule has 0 aliphatic rings. The molecule has 1 heterocycles. The molecular formula is C14H11NOS. The van der Waals surface area contributed by atoms with Crippen molar-refractivity contribution in [3.63, 3.8) is 0 Å². The molecule has 0 unspecified atom stereocenters. The summed E-state index contributed by atoms with van der Waals surface area (Å²) in [6.45, 7) is 0. The summed E-state index contributed by atoms with van der Waals surface area (Å²) in [4.78, 5) is 4.46. The van der Waals surface area contributed by atoms with Crippen LogP contribution in [-0.2, 0) is 0 Å². The highest BCUT2D eigenvalue weighted by Crippen LogP contribution is 2.29. The maximum absolute atomic E-state index is 10.2. The molecule has 0 saturated carbocycles.